The number of hydrogen-bond acceptors (Lipinski definition) is 3. The lowest BCUT2D eigenvalue weighted by atomic mass is 9.96. The van der Waals surface area contributed by atoms with Crippen molar-refractivity contribution in [1.82, 2.24) is 10.2 Å². The van der Waals surface area contributed by atoms with Gasteiger partial charge in [-0.15, -0.1) is 0 Å². The molecule has 0 aliphatic carbocycles. The average molecular weight is 332 g/mol. The molecule has 0 bridgehead atoms. The Morgan fingerprint density at radius 3 is 2.58 bits per heavy atom. The minimum absolute atomic E-state index is 0.0317. The summed E-state index contributed by atoms with van der Waals surface area (Å²) in [5, 5.41) is 3.01. The summed E-state index contributed by atoms with van der Waals surface area (Å²) >= 11 is 0. The van der Waals surface area contributed by atoms with Crippen LogP contribution >= 0.6 is 0 Å². The number of rotatable bonds is 8. The molecular formula is C19H28N2O3. The fraction of sp³-hybridized carbons (Fsp3) is 0.579. The molecule has 24 heavy (non-hydrogen) atoms. The van der Waals surface area contributed by atoms with Crippen LogP contribution in [0.4, 0.5) is 0 Å². The number of hydrogen-bond donors (Lipinski definition) is 1. The van der Waals surface area contributed by atoms with Crippen LogP contribution in [-0.2, 0) is 9.59 Å². The zero-order valence-corrected chi connectivity index (χ0v) is 14.5. The molecule has 0 atom stereocenters. The van der Waals surface area contributed by atoms with E-state index in [2.05, 4.69) is 12.2 Å². The molecule has 5 nitrogen and oxygen atoms in total. The molecule has 1 aromatic rings. The quantitative estimate of drug-likeness (QED) is 0.796. The van der Waals surface area contributed by atoms with Crippen molar-refractivity contribution in [2.45, 2.75) is 39.0 Å². The van der Waals surface area contributed by atoms with Gasteiger partial charge in [-0.3, -0.25) is 9.59 Å². The highest BCUT2D eigenvalue weighted by atomic mass is 16.5. The first-order valence-corrected chi connectivity index (χ1v) is 8.91. The lowest BCUT2D eigenvalue weighted by molar-refractivity contribution is -0.135. The Morgan fingerprint density at radius 1 is 1.21 bits per heavy atom. The maximum atomic E-state index is 12.2. The first-order chi connectivity index (χ1) is 11.7. The highest BCUT2D eigenvalue weighted by Crippen LogP contribution is 2.17. The number of carbonyl (C=O) groups is 2. The summed E-state index contributed by atoms with van der Waals surface area (Å²) in [5.41, 5.74) is 0. The van der Waals surface area contributed by atoms with Crippen molar-refractivity contribution in [2.24, 2.45) is 5.92 Å². The summed E-state index contributed by atoms with van der Waals surface area (Å²) in [4.78, 5) is 25.7. The minimum atomic E-state index is 0.0317. The molecule has 2 amide bonds. The van der Waals surface area contributed by atoms with Crippen LogP contribution in [-0.4, -0.2) is 43.0 Å². The molecule has 2 rings (SSSR count). The van der Waals surface area contributed by atoms with Gasteiger partial charge < -0.3 is 15.0 Å². The van der Waals surface area contributed by atoms with Gasteiger partial charge in [-0.05, 0) is 37.3 Å². The molecule has 0 radical (unpaired) electrons. The van der Waals surface area contributed by atoms with Gasteiger partial charge in [0.15, 0.2) is 6.61 Å². The molecule has 0 saturated carbocycles. The molecule has 1 aromatic carbocycles. The van der Waals surface area contributed by atoms with Crippen LogP contribution in [0.2, 0.25) is 0 Å². The third kappa shape index (κ3) is 6.22. The Morgan fingerprint density at radius 2 is 1.92 bits per heavy atom. The van der Waals surface area contributed by atoms with Crippen molar-refractivity contribution >= 4 is 11.8 Å². The lowest BCUT2D eigenvalue weighted by Crippen LogP contribution is -2.43. The van der Waals surface area contributed by atoms with Gasteiger partial charge in [0.1, 0.15) is 5.75 Å². The van der Waals surface area contributed by atoms with E-state index in [1.54, 1.807) is 0 Å². The van der Waals surface area contributed by atoms with Crippen molar-refractivity contribution in [3.05, 3.63) is 30.3 Å². The normalized spacial score (nSPS) is 15.1. The largest absolute Gasteiger partial charge is 0.484 e. The molecule has 1 heterocycles. The number of likely N-dealkylation sites (tertiary alicyclic amines) is 1. The third-order valence-electron chi connectivity index (χ3n) is 4.42. The third-order valence-corrected chi connectivity index (χ3v) is 4.42. The van der Waals surface area contributed by atoms with Crippen LogP contribution in [0, 0.1) is 5.92 Å². The van der Waals surface area contributed by atoms with Crippen molar-refractivity contribution in [1.29, 1.82) is 0 Å². The van der Waals surface area contributed by atoms with Crippen LogP contribution in [0.5, 0.6) is 5.75 Å². The number of para-hydroxylation sites is 1. The topological polar surface area (TPSA) is 58.6 Å². The highest BCUT2D eigenvalue weighted by molar-refractivity contribution is 5.78. The fourth-order valence-corrected chi connectivity index (χ4v) is 2.82. The Hall–Kier alpha value is -2.04. The molecule has 0 spiro atoms. The Balaban J connectivity index is 1.63. The number of nitrogens with zero attached hydrogens (tertiary/aromatic N) is 1. The summed E-state index contributed by atoms with van der Waals surface area (Å²) in [6, 6.07) is 9.39. The zero-order chi connectivity index (χ0) is 17.2. The number of carbonyl (C=O) groups excluding carboxylic acids is 2. The lowest BCUT2D eigenvalue weighted by Gasteiger charge is -2.32. The van der Waals surface area contributed by atoms with Crippen molar-refractivity contribution in [3.8, 4) is 5.75 Å². The highest BCUT2D eigenvalue weighted by Gasteiger charge is 2.23. The number of ether oxygens (including phenoxy) is 1. The zero-order valence-electron chi connectivity index (χ0n) is 14.5. The second-order valence-electron chi connectivity index (χ2n) is 6.33. The maximum Gasteiger partial charge on any atom is 0.260 e. The van der Waals surface area contributed by atoms with Gasteiger partial charge >= 0.3 is 0 Å². The first kappa shape index (κ1) is 18.3. The molecule has 0 aromatic heterocycles. The SMILES string of the molecule is CCCCC(=O)NCC1CCN(C(=O)COc2ccccc2)CC1. The molecule has 1 saturated heterocycles. The molecule has 1 aliphatic rings. The van der Waals surface area contributed by atoms with Gasteiger partial charge in [-0.1, -0.05) is 31.5 Å². The van der Waals surface area contributed by atoms with Gasteiger partial charge in [-0.25, -0.2) is 0 Å². The minimum Gasteiger partial charge on any atom is -0.484 e. The van der Waals surface area contributed by atoms with E-state index in [1.165, 1.54) is 0 Å². The number of amides is 2. The van der Waals surface area contributed by atoms with Gasteiger partial charge in [0.25, 0.3) is 5.91 Å². The van der Waals surface area contributed by atoms with Crippen LogP contribution in [0.25, 0.3) is 0 Å². The summed E-state index contributed by atoms with van der Waals surface area (Å²) in [5.74, 6) is 1.36. The van der Waals surface area contributed by atoms with Crippen LogP contribution < -0.4 is 10.1 Å². The van der Waals surface area contributed by atoms with Crippen molar-refractivity contribution in [2.75, 3.05) is 26.2 Å². The van der Waals surface area contributed by atoms with Gasteiger partial charge in [0, 0.05) is 26.1 Å². The number of unbranched alkanes of at least 4 members (excludes halogenated alkanes) is 1. The van der Waals surface area contributed by atoms with E-state index in [0.717, 1.165) is 51.1 Å². The molecule has 0 unspecified atom stereocenters. The maximum absolute atomic E-state index is 12.2. The van der Waals surface area contributed by atoms with E-state index in [0.29, 0.717) is 12.3 Å². The Labute approximate surface area is 144 Å². The fourth-order valence-electron chi connectivity index (χ4n) is 2.82. The summed E-state index contributed by atoms with van der Waals surface area (Å²) in [6.45, 7) is 4.38. The van der Waals surface area contributed by atoms with E-state index < -0.39 is 0 Å². The second-order valence-corrected chi connectivity index (χ2v) is 6.33. The van der Waals surface area contributed by atoms with Crippen molar-refractivity contribution in [3.63, 3.8) is 0 Å². The van der Waals surface area contributed by atoms with Crippen LogP contribution in [0.15, 0.2) is 30.3 Å². The van der Waals surface area contributed by atoms with Crippen LogP contribution in [0.1, 0.15) is 39.0 Å². The van der Waals surface area contributed by atoms with E-state index in [-0.39, 0.29) is 18.4 Å². The number of piperidine rings is 1. The van der Waals surface area contributed by atoms with Gasteiger partial charge in [-0.2, -0.15) is 0 Å². The van der Waals surface area contributed by atoms with E-state index in [1.807, 2.05) is 35.2 Å². The van der Waals surface area contributed by atoms with E-state index in [4.69, 9.17) is 4.74 Å². The van der Waals surface area contributed by atoms with Crippen molar-refractivity contribution < 1.29 is 14.3 Å². The summed E-state index contributed by atoms with van der Waals surface area (Å²) < 4.78 is 5.52. The smallest absolute Gasteiger partial charge is 0.260 e. The predicted molar refractivity (Wildman–Crippen MR) is 93.8 cm³/mol. The van der Waals surface area contributed by atoms with E-state index >= 15 is 0 Å². The number of nitrogens with one attached hydrogen (secondary N) is 1. The Kier molecular flexibility index (Phi) is 7.59. The Bertz CT molecular complexity index is 511. The summed E-state index contributed by atoms with van der Waals surface area (Å²) in [7, 11) is 0. The molecule has 5 heteroatoms. The summed E-state index contributed by atoms with van der Waals surface area (Å²) in [6.07, 6.45) is 4.47. The molecule has 1 fully saturated rings. The first-order valence-electron chi connectivity index (χ1n) is 8.91. The monoisotopic (exact) mass is 332 g/mol. The van der Waals surface area contributed by atoms with Crippen LogP contribution in [0.3, 0.4) is 0 Å². The average Bonchev–Trinajstić information content (AvgIpc) is 2.64. The second kappa shape index (κ2) is 9.96. The molecule has 1 N–H and O–H groups in total. The standard InChI is InChI=1S/C19H28N2O3/c1-2-3-9-18(22)20-14-16-10-12-21(13-11-16)19(23)15-24-17-7-5-4-6-8-17/h4-8,16H,2-3,9-15H2,1H3,(H,20,22). The van der Waals surface area contributed by atoms with Gasteiger partial charge in [0.05, 0.1) is 0 Å². The van der Waals surface area contributed by atoms with Gasteiger partial charge in [0.2, 0.25) is 5.91 Å². The molecular weight excluding hydrogens is 304 g/mol. The molecule has 132 valence electrons. The predicted octanol–water partition coefficient (Wildman–Crippen LogP) is 2.61. The number of benzene rings is 1. The van der Waals surface area contributed by atoms with E-state index in [9.17, 15) is 9.59 Å². The molecule has 1 aliphatic heterocycles.